The molecule has 1 aliphatic heterocycles. The summed E-state index contributed by atoms with van der Waals surface area (Å²) in [6, 6.07) is 7.33. The molecule has 1 N–H and O–H groups in total. The van der Waals surface area contributed by atoms with Gasteiger partial charge in [-0.1, -0.05) is 26.0 Å². The fourth-order valence-corrected chi connectivity index (χ4v) is 3.46. The van der Waals surface area contributed by atoms with Crippen LogP contribution in [0.3, 0.4) is 0 Å². The van der Waals surface area contributed by atoms with Gasteiger partial charge in [-0.2, -0.15) is 0 Å². The zero-order valence-corrected chi connectivity index (χ0v) is 13.6. The standard InChI is InChI=1S/C18H28N2O/c1-13(2)15-6-7-17(21-3)16(12-15)18(14-4-5-14)20-10-8-19-9-11-20/h6-7,12-14,18-19H,4-5,8-11H2,1-3H3/t18-/m0/s1. The third kappa shape index (κ3) is 3.24. The summed E-state index contributed by atoms with van der Waals surface area (Å²) in [5.41, 5.74) is 2.83. The van der Waals surface area contributed by atoms with Crippen molar-refractivity contribution >= 4 is 0 Å². The molecule has 1 saturated carbocycles. The lowest BCUT2D eigenvalue weighted by atomic mass is 9.93. The highest BCUT2D eigenvalue weighted by Gasteiger charge is 2.38. The molecule has 3 rings (SSSR count). The predicted molar refractivity (Wildman–Crippen MR) is 87.0 cm³/mol. The molecule has 1 aromatic carbocycles. The van der Waals surface area contributed by atoms with Gasteiger partial charge in [0.15, 0.2) is 0 Å². The first-order valence-corrected chi connectivity index (χ1v) is 8.33. The Labute approximate surface area is 128 Å². The summed E-state index contributed by atoms with van der Waals surface area (Å²) >= 11 is 0. The molecule has 0 unspecified atom stereocenters. The minimum absolute atomic E-state index is 0.542. The van der Waals surface area contributed by atoms with E-state index in [1.807, 2.05) is 0 Å². The molecule has 1 atom stereocenters. The van der Waals surface area contributed by atoms with E-state index in [0.29, 0.717) is 12.0 Å². The molecule has 0 aromatic heterocycles. The van der Waals surface area contributed by atoms with Gasteiger partial charge in [-0.3, -0.25) is 4.90 Å². The molecule has 3 heteroatoms. The van der Waals surface area contributed by atoms with Crippen LogP contribution in [0.4, 0.5) is 0 Å². The fraction of sp³-hybridized carbons (Fsp3) is 0.667. The van der Waals surface area contributed by atoms with Crippen molar-refractivity contribution in [3.63, 3.8) is 0 Å². The topological polar surface area (TPSA) is 24.5 Å². The lowest BCUT2D eigenvalue weighted by Gasteiger charge is -2.36. The molecule has 1 heterocycles. The summed E-state index contributed by atoms with van der Waals surface area (Å²) in [7, 11) is 1.80. The van der Waals surface area contributed by atoms with Crippen LogP contribution in [0.5, 0.6) is 5.75 Å². The minimum Gasteiger partial charge on any atom is -0.496 e. The zero-order chi connectivity index (χ0) is 14.8. The van der Waals surface area contributed by atoms with E-state index in [1.54, 1.807) is 7.11 Å². The molecule has 0 radical (unpaired) electrons. The number of nitrogens with zero attached hydrogens (tertiary/aromatic N) is 1. The van der Waals surface area contributed by atoms with Crippen molar-refractivity contribution in [3.8, 4) is 5.75 Å². The third-order valence-electron chi connectivity index (χ3n) is 4.85. The highest BCUT2D eigenvalue weighted by atomic mass is 16.5. The van der Waals surface area contributed by atoms with Crippen LogP contribution in [0.15, 0.2) is 18.2 Å². The SMILES string of the molecule is COc1ccc(C(C)C)cc1[C@H](C1CC1)N1CCNCC1. The molecule has 1 aliphatic carbocycles. The summed E-state index contributed by atoms with van der Waals surface area (Å²) in [6.07, 6.45) is 2.73. The van der Waals surface area contributed by atoms with Gasteiger partial charge in [0.1, 0.15) is 5.75 Å². The third-order valence-corrected chi connectivity index (χ3v) is 4.85. The highest BCUT2D eigenvalue weighted by molar-refractivity contribution is 5.41. The Balaban J connectivity index is 1.95. The van der Waals surface area contributed by atoms with Crippen LogP contribution >= 0.6 is 0 Å². The summed E-state index contributed by atoms with van der Waals surface area (Å²) in [4.78, 5) is 2.66. The molecule has 2 fully saturated rings. The fourth-order valence-electron chi connectivity index (χ4n) is 3.46. The van der Waals surface area contributed by atoms with E-state index >= 15 is 0 Å². The Morgan fingerprint density at radius 1 is 1.19 bits per heavy atom. The maximum Gasteiger partial charge on any atom is 0.123 e. The molecule has 1 aromatic rings. The van der Waals surface area contributed by atoms with Gasteiger partial charge >= 0.3 is 0 Å². The monoisotopic (exact) mass is 288 g/mol. The van der Waals surface area contributed by atoms with Crippen molar-refractivity contribution in [1.29, 1.82) is 0 Å². The van der Waals surface area contributed by atoms with Crippen LogP contribution in [-0.4, -0.2) is 38.2 Å². The van der Waals surface area contributed by atoms with Gasteiger partial charge in [0.2, 0.25) is 0 Å². The number of rotatable bonds is 5. The lowest BCUT2D eigenvalue weighted by molar-refractivity contribution is 0.153. The van der Waals surface area contributed by atoms with Crippen LogP contribution in [0.2, 0.25) is 0 Å². The number of benzene rings is 1. The van der Waals surface area contributed by atoms with E-state index < -0.39 is 0 Å². The van der Waals surface area contributed by atoms with Crippen molar-refractivity contribution in [2.45, 2.75) is 38.6 Å². The van der Waals surface area contributed by atoms with E-state index in [-0.39, 0.29) is 0 Å². The van der Waals surface area contributed by atoms with Gasteiger partial charge in [0.05, 0.1) is 7.11 Å². The normalized spacial score (nSPS) is 21.5. The number of hydrogen-bond donors (Lipinski definition) is 1. The van der Waals surface area contributed by atoms with E-state index in [1.165, 1.54) is 24.0 Å². The van der Waals surface area contributed by atoms with Gasteiger partial charge < -0.3 is 10.1 Å². The maximum atomic E-state index is 5.69. The van der Waals surface area contributed by atoms with Crippen LogP contribution < -0.4 is 10.1 Å². The van der Waals surface area contributed by atoms with Gasteiger partial charge in [-0.05, 0) is 36.3 Å². The summed E-state index contributed by atoms with van der Waals surface area (Å²) in [6.45, 7) is 9.04. The average Bonchev–Trinajstić information content (AvgIpc) is 3.33. The molecule has 0 spiro atoms. The van der Waals surface area contributed by atoms with Crippen molar-refractivity contribution in [3.05, 3.63) is 29.3 Å². The Morgan fingerprint density at radius 3 is 2.48 bits per heavy atom. The number of hydrogen-bond acceptors (Lipinski definition) is 3. The Bertz CT molecular complexity index is 476. The van der Waals surface area contributed by atoms with E-state index in [4.69, 9.17) is 4.74 Å². The van der Waals surface area contributed by atoms with Gasteiger partial charge in [-0.15, -0.1) is 0 Å². The average molecular weight is 288 g/mol. The molecule has 1 saturated heterocycles. The second-order valence-electron chi connectivity index (χ2n) is 6.72. The molecular formula is C18H28N2O. The number of methoxy groups -OCH3 is 1. The van der Waals surface area contributed by atoms with Crippen LogP contribution in [0.1, 0.15) is 49.8 Å². The first kappa shape index (κ1) is 14.9. The van der Waals surface area contributed by atoms with Crippen LogP contribution in [0.25, 0.3) is 0 Å². The molecule has 0 bridgehead atoms. The van der Waals surface area contributed by atoms with Crippen LogP contribution in [-0.2, 0) is 0 Å². The summed E-state index contributed by atoms with van der Waals surface area (Å²) in [5, 5.41) is 3.47. The van der Waals surface area contributed by atoms with Gasteiger partial charge in [0, 0.05) is 37.8 Å². The Hall–Kier alpha value is -1.06. The first-order valence-electron chi connectivity index (χ1n) is 8.33. The van der Waals surface area contributed by atoms with Gasteiger partial charge in [-0.25, -0.2) is 0 Å². The first-order chi connectivity index (χ1) is 10.2. The molecule has 116 valence electrons. The minimum atomic E-state index is 0.542. The smallest absolute Gasteiger partial charge is 0.123 e. The summed E-state index contributed by atoms with van der Waals surface area (Å²) < 4.78 is 5.69. The number of piperazine rings is 1. The number of nitrogens with one attached hydrogen (secondary N) is 1. The van der Waals surface area contributed by atoms with Crippen molar-refractivity contribution < 1.29 is 4.74 Å². The van der Waals surface area contributed by atoms with Crippen molar-refractivity contribution in [2.24, 2.45) is 5.92 Å². The Morgan fingerprint density at radius 2 is 1.90 bits per heavy atom. The van der Waals surface area contributed by atoms with Crippen LogP contribution in [0, 0.1) is 5.92 Å². The van der Waals surface area contributed by atoms with E-state index in [2.05, 4.69) is 42.3 Å². The molecule has 3 nitrogen and oxygen atoms in total. The maximum absolute atomic E-state index is 5.69. The number of ether oxygens (including phenoxy) is 1. The molecule has 2 aliphatic rings. The summed E-state index contributed by atoms with van der Waals surface area (Å²) in [5.74, 6) is 2.45. The van der Waals surface area contributed by atoms with Crippen molar-refractivity contribution in [2.75, 3.05) is 33.3 Å². The second kappa shape index (κ2) is 6.37. The van der Waals surface area contributed by atoms with E-state index in [0.717, 1.165) is 37.8 Å². The van der Waals surface area contributed by atoms with E-state index in [9.17, 15) is 0 Å². The predicted octanol–water partition coefficient (Wildman–Crippen LogP) is 3.17. The Kier molecular flexibility index (Phi) is 4.51. The molecular weight excluding hydrogens is 260 g/mol. The van der Waals surface area contributed by atoms with Gasteiger partial charge in [0.25, 0.3) is 0 Å². The lowest BCUT2D eigenvalue weighted by Crippen LogP contribution is -2.45. The molecule has 0 amide bonds. The highest BCUT2D eigenvalue weighted by Crippen LogP contribution is 2.47. The largest absolute Gasteiger partial charge is 0.496 e. The second-order valence-corrected chi connectivity index (χ2v) is 6.72. The molecule has 21 heavy (non-hydrogen) atoms. The quantitative estimate of drug-likeness (QED) is 0.900. The zero-order valence-electron chi connectivity index (χ0n) is 13.6. The van der Waals surface area contributed by atoms with Crippen molar-refractivity contribution in [1.82, 2.24) is 10.2 Å².